The molecule has 1 atom stereocenters. The Bertz CT molecular complexity index is 862. The molecule has 0 aliphatic heterocycles. The molecule has 1 N–H and O–H groups in total. The number of urea groups is 1. The highest BCUT2D eigenvalue weighted by Crippen LogP contribution is 2.20. The van der Waals surface area contributed by atoms with Crippen LogP contribution in [0.1, 0.15) is 29.7 Å². The molecule has 0 saturated heterocycles. The number of carbonyl (C=O) groups is 1. The summed E-state index contributed by atoms with van der Waals surface area (Å²) in [5.41, 5.74) is 3.21. The van der Waals surface area contributed by atoms with Crippen LogP contribution >= 0.6 is 11.6 Å². The summed E-state index contributed by atoms with van der Waals surface area (Å²) in [6, 6.07) is 15.4. The van der Waals surface area contributed by atoms with Gasteiger partial charge in [-0.2, -0.15) is 5.10 Å². The number of rotatable bonds is 6. The number of halogens is 1. The quantitative estimate of drug-likeness (QED) is 0.702. The highest BCUT2D eigenvalue weighted by molar-refractivity contribution is 6.30. The summed E-state index contributed by atoms with van der Waals surface area (Å²) in [5, 5.41) is 7.74. The van der Waals surface area contributed by atoms with Crippen molar-refractivity contribution in [3.8, 4) is 0 Å². The van der Waals surface area contributed by atoms with Crippen LogP contribution in [-0.4, -0.2) is 32.7 Å². The lowest BCUT2D eigenvalue weighted by Crippen LogP contribution is -2.38. The van der Waals surface area contributed by atoms with Crippen molar-refractivity contribution < 1.29 is 4.79 Å². The van der Waals surface area contributed by atoms with Crippen LogP contribution < -0.4 is 5.32 Å². The highest BCUT2D eigenvalue weighted by Gasteiger charge is 2.17. The first-order valence-electron chi connectivity index (χ1n) is 8.69. The summed E-state index contributed by atoms with van der Waals surface area (Å²) in [6.07, 6.45) is 3.21. The zero-order chi connectivity index (χ0) is 19.2. The average Bonchev–Trinajstić information content (AvgIpc) is 3.19. The fourth-order valence-corrected chi connectivity index (χ4v) is 2.83. The van der Waals surface area contributed by atoms with Crippen LogP contribution in [0.2, 0.25) is 5.02 Å². The molecule has 27 heavy (non-hydrogen) atoms. The third-order valence-electron chi connectivity index (χ3n) is 4.53. The molecule has 0 spiro atoms. The van der Waals surface area contributed by atoms with Crippen molar-refractivity contribution in [3.63, 3.8) is 0 Å². The van der Waals surface area contributed by atoms with Gasteiger partial charge in [0.05, 0.1) is 12.6 Å². The molecular formula is C20H22ClN5O. The molecule has 2 amide bonds. The Morgan fingerprint density at radius 1 is 1.15 bits per heavy atom. The van der Waals surface area contributed by atoms with Gasteiger partial charge in [-0.1, -0.05) is 48.0 Å². The van der Waals surface area contributed by atoms with Gasteiger partial charge in [0.2, 0.25) is 0 Å². The fraction of sp³-hybridized carbons (Fsp3) is 0.250. The smallest absolute Gasteiger partial charge is 0.317 e. The van der Waals surface area contributed by atoms with Crippen LogP contribution in [0.4, 0.5) is 4.79 Å². The number of amides is 2. The average molecular weight is 384 g/mol. The van der Waals surface area contributed by atoms with Crippen LogP contribution in [-0.2, 0) is 13.1 Å². The minimum absolute atomic E-state index is 0.0488. The molecule has 3 rings (SSSR count). The topological polar surface area (TPSA) is 63.1 Å². The number of hydrogen-bond acceptors (Lipinski definition) is 3. The predicted molar refractivity (Wildman–Crippen MR) is 105 cm³/mol. The van der Waals surface area contributed by atoms with Crippen molar-refractivity contribution in [2.75, 3.05) is 7.05 Å². The monoisotopic (exact) mass is 383 g/mol. The molecule has 0 aliphatic rings. The minimum atomic E-state index is -0.121. The second-order valence-electron chi connectivity index (χ2n) is 6.41. The van der Waals surface area contributed by atoms with Gasteiger partial charge in [-0.05, 0) is 35.7 Å². The van der Waals surface area contributed by atoms with E-state index in [1.54, 1.807) is 23.0 Å². The van der Waals surface area contributed by atoms with Crippen molar-refractivity contribution in [1.29, 1.82) is 0 Å². The number of nitrogens with one attached hydrogen (secondary N) is 1. The van der Waals surface area contributed by atoms with Gasteiger partial charge >= 0.3 is 6.03 Å². The van der Waals surface area contributed by atoms with Crippen molar-refractivity contribution in [1.82, 2.24) is 25.0 Å². The Kier molecular flexibility index (Phi) is 6.08. The van der Waals surface area contributed by atoms with E-state index in [0.29, 0.717) is 18.1 Å². The first-order valence-corrected chi connectivity index (χ1v) is 9.07. The number of aromatic nitrogens is 3. The molecule has 1 heterocycles. The van der Waals surface area contributed by atoms with Crippen LogP contribution in [0, 0.1) is 0 Å². The zero-order valence-corrected chi connectivity index (χ0v) is 16.1. The zero-order valence-electron chi connectivity index (χ0n) is 15.3. The van der Waals surface area contributed by atoms with E-state index in [4.69, 9.17) is 11.6 Å². The van der Waals surface area contributed by atoms with E-state index in [1.165, 1.54) is 6.33 Å². The van der Waals surface area contributed by atoms with Gasteiger partial charge in [-0.3, -0.25) is 0 Å². The van der Waals surface area contributed by atoms with E-state index < -0.39 is 0 Å². The standard InChI is InChI=1S/C20H22ClN5O/c1-15(18-7-9-19(21)10-8-18)25(2)20(27)23-11-16-3-5-17(6-4-16)12-26-14-22-13-24-26/h3-10,13-15H,11-12H2,1-2H3,(H,23,27)/t15-/m0/s1. The lowest BCUT2D eigenvalue weighted by molar-refractivity contribution is 0.194. The summed E-state index contributed by atoms with van der Waals surface area (Å²) < 4.78 is 1.77. The highest BCUT2D eigenvalue weighted by atomic mass is 35.5. The van der Waals surface area contributed by atoms with E-state index in [-0.39, 0.29) is 12.1 Å². The molecule has 0 radical (unpaired) electrons. The Labute approximate surface area is 163 Å². The molecule has 7 heteroatoms. The van der Waals surface area contributed by atoms with Crippen molar-refractivity contribution in [2.24, 2.45) is 0 Å². The lowest BCUT2D eigenvalue weighted by Gasteiger charge is -2.25. The van der Waals surface area contributed by atoms with Gasteiger partial charge in [-0.25, -0.2) is 14.5 Å². The van der Waals surface area contributed by atoms with E-state index in [1.807, 2.05) is 55.5 Å². The molecule has 6 nitrogen and oxygen atoms in total. The third kappa shape index (κ3) is 5.08. The number of benzene rings is 2. The van der Waals surface area contributed by atoms with E-state index in [9.17, 15) is 4.79 Å². The molecule has 0 aliphatic carbocycles. The second kappa shape index (κ2) is 8.68. The number of nitrogens with zero attached hydrogens (tertiary/aromatic N) is 4. The van der Waals surface area contributed by atoms with Crippen molar-refractivity contribution in [2.45, 2.75) is 26.1 Å². The van der Waals surface area contributed by atoms with Crippen LogP contribution in [0.15, 0.2) is 61.2 Å². The van der Waals surface area contributed by atoms with Gasteiger partial charge in [-0.15, -0.1) is 0 Å². The predicted octanol–water partition coefficient (Wildman–Crippen LogP) is 3.88. The Hall–Kier alpha value is -2.86. The van der Waals surface area contributed by atoms with Gasteiger partial charge in [0.15, 0.2) is 0 Å². The van der Waals surface area contributed by atoms with Crippen molar-refractivity contribution in [3.05, 3.63) is 82.9 Å². The molecule has 3 aromatic rings. The van der Waals surface area contributed by atoms with Crippen LogP contribution in [0.5, 0.6) is 0 Å². The fourth-order valence-electron chi connectivity index (χ4n) is 2.71. The number of hydrogen-bond donors (Lipinski definition) is 1. The molecule has 0 unspecified atom stereocenters. The van der Waals surface area contributed by atoms with Gasteiger partial charge in [0.1, 0.15) is 12.7 Å². The Balaban J connectivity index is 1.52. The van der Waals surface area contributed by atoms with Crippen LogP contribution in [0.3, 0.4) is 0 Å². The first kappa shape index (κ1) is 18.9. The van der Waals surface area contributed by atoms with Gasteiger partial charge in [0.25, 0.3) is 0 Å². The molecule has 140 valence electrons. The third-order valence-corrected chi connectivity index (χ3v) is 4.78. The molecule has 2 aromatic carbocycles. The summed E-state index contributed by atoms with van der Waals surface area (Å²) in [5.74, 6) is 0. The normalized spacial score (nSPS) is 11.8. The number of carbonyl (C=O) groups excluding carboxylic acids is 1. The largest absolute Gasteiger partial charge is 0.334 e. The molecule has 1 aromatic heterocycles. The van der Waals surface area contributed by atoms with E-state index in [2.05, 4.69) is 15.4 Å². The van der Waals surface area contributed by atoms with Crippen LogP contribution in [0.25, 0.3) is 0 Å². The Morgan fingerprint density at radius 2 is 1.81 bits per heavy atom. The maximum absolute atomic E-state index is 12.4. The molecule has 0 bridgehead atoms. The Morgan fingerprint density at radius 3 is 2.44 bits per heavy atom. The van der Waals surface area contributed by atoms with Gasteiger partial charge in [0, 0.05) is 18.6 Å². The van der Waals surface area contributed by atoms with E-state index >= 15 is 0 Å². The summed E-state index contributed by atoms with van der Waals surface area (Å²) >= 11 is 5.93. The SMILES string of the molecule is C[C@@H](c1ccc(Cl)cc1)N(C)C(=O)NCc1ccc(Cn2cncn2)cc1. The molecular weight excluding hydrogens is 362 g/mol. The maximum atomic E-state index is 12.4. The summed E-state index contributed by atoms with van der Waals surface area (Å²) in [7, 11) is 1.79. The van der Waals surface area contributed by atoms with E-state index in [0.717, 1.165) is 16.7 Å². The summed E-state index contributed by atoms with van der Waals surface area (Å²) in [4.78, 5) is 18.1. The second-order valence-corrected chi connectivity index (χ2v) is 6.84. The molecule has 0 saturated carbocycles. The van der Waals surface area contributed by atoms with Gasteiger partial charge < -0.3 is 10.2 Å². The first-order chi connectivity index (χ1) is 13.0. The minimum Gasteiger partial charge on any atom is -0.334 e. The maximum Gasteiger partial charge on any atom is 0.317 e. The lowest BCUT2D eigenvalue weighted by atomic mass is 10.1. The summed E-state index contributed by atoms with van der Waals surface area (Å²) in [6.45, 7) is 3.13. The van der Waals surface area contributed by atoms with Crippen molar-refractivity contribution >= 4 is 17.6 Å². The molecule has 0 fully saturated rings.